The normalized spacial score (nSPS) is 12.3. The van der Waals surface area contributed by atoms with E-state index >= 15 is 0 Å². The summed E-state index contributed by atoms with van der Waals surface area (Å²) in [5.74, 6) is 0.466. The fourth-order valence-electron chi connectivity index (χ4n) is 3.42. The molecule has 0 aromatic heterocycles. The average Bonchev–Trinajstić information content (AvgIpc) is 2.80. The third kappa shape index (κ3) is 6.12. The average molecular weight is 468 g/mol. The third-order valence-electron chi connectivity index (χ3n) is 5.31. The monoisotopic (exact) mass is 467 g/mol. The van der Waals surface area contributed by atoms with E-state index in [4.69, 9.17) is 4.74 Å². The number of hydrogen-bond donors (Lipinski definition) is 2. The van der Waals surface area contributed by atoms with Crippen molar-refractivity contribution in [2.75, 3.05) is 32.5 Å². The predicted molar refractivity (Wildman–Crippen MR) is 130 cm³/mol. The lowest BCUT2D eigenvalue weighted by Crippen LogP contribution is -2.34. The zero-order valence-corrected chi connectivity index (χ0v) is 20.0. The maximum absolute atomic E-state index is 12.7. The lowest BCUT2D eigenvalue weighted by Gasteiger charge is -2.26. The molecule has 0 saturated carbocycles. The first-order chi connectivity index (χ1) is 15.7. The van der Waals surface area contributed by atoms with Crippen LogP contribution in [0.3, 0.4) is 0 Å². The van der Waals surface area contributed by atoms with Crippen LogP contribution in [0.2, 0.25) is 0 Å². The van der Waals surface area contributed by atoms with Crippen LogP contribution in [0.5, 0.6) is 5.75 Å². The SMILES string of the molecule is COc1ccccc1[C@@H](CNC(=O)c1ccc(S(=O)(=O)Nc2ccc(C)cc2)cc1)N(C)C. The van der Waals surface area contributed by atoms with Gasteiger partial charge in [-0.15, -0.1) is 0 Å². The zero-order chi connectivity index (χ0) is 24.0. The van der Waals surface area contributed by atoms with E-state index in [9.17, 15) is 13.2 Å². The fourth-order valence-corrected chi connectivity index (χ4v) is 4.48. The molecule has 1 atom stereocenters. The number of likely N-dealkylation sites (N-methyl/N-ethyl adjacent to an activating group) is 1. The molecule has 0 aliphatic rings. The first-order valence-electron chi connectivity index (χ1n) is 10.5. The Labute approximate surface area is 195 Å². The van der Waals surface area contributed by atoms with Crippen molar-refractivity contribution in [1.29, 1.82) is 0 Å². The first-order valence-corrected chi connectivity index (χ1v) is 12.0. The second-order valence-electron chi connectivity index (χ2n) is 7.93. The van der Waals surface area contributed by atoms with Crippen LogP contribution in [-0.2, 0) is 10.0 Å². The summed E-state index contributed by atoms with van der Waals surface area (Å²) in [6, 6.07) is 20.5. The van der Waals surface area contributed by atoms with Crippen LogP contribution in [0.25, 0.3) is 0 Å². The lowest BCUT2D eigenvalue weighted by molar-refractivity contribution is 0.0941. The molecule has 1 amide bonds. The molecule has 3 aromatic carbocycles. The predicted octanol–water partition coefficient (Wildman–Crippen LogP) is 3.84. The fraction of sp³-hybridized carbons (Fsp3) is 0.240. The van der Waals surface area contributed by atoms with Crippen molar-refractivity contribution in [1.82, 2.24) is 10.2 Å². The summed E-state index contributed by atoms with van der Waals surface area (Å²) in [5.41, 5.74) is 2.86. The van der Waals surface area contributed by atoms with Gasteiger partial charge in [0.15, 0.2) is 0 Å². The minimum absolute atomic E-state index is 0.0832. The minimum atomic E-state index is -3.75. The van der Waals surface area contributed by atoms with Crippen molar-refractivity contribution < 1.29 is 17.9 Å². The second-order valence-corrected chi connectivity index (χ2v) is 9.61. The van der Waals surface area contributed by atoms with Crippen molar-refractivity contribution in [3.63, 3.8) is 0 Å². The number of methoxy groups -OCH3 is 1. The molecule has 0 fully saturated rings. The molecule has 8 heteroatoms. The number of aryl methyl sites for hydroxylation is 1. The van der Waals surface area contributed by atoms with E-state index in [0.717, 1.165) is 16.9 Å². The number of anilines is 1. The van der Waals surface area contributed by atoms with Gasteiger partial charge in [-0.05, 0) is 63.5 Å². The van der Waals surface area contributed by atoms with E-state index in [0.29, 0.717) is 17.8 Å². The Morgan fingerprint density at radius 1 is 0.970 bits per heavy atom. The number of carbonyl (C=O) groups is 1. The summed E-state index contributed by atoms with van der Waals surface area (Å²) >= 11 is 0. The maximum atomic E-state index is 12.7. The molecular weight excluding hydrogens is 438 g/mol. The van der Waals surface area contributed by atoms with Crippen LogP contribution in [0.1, 0.15) is 27.5 Å². The third-order valence-corrected chi connectivity index (χ3v) is 6.71. The Morgan fingerprint density at radius 3 is 2.21 bits per heavy atom. The number of ether oxygens (including phenoxy) is 1. The first kappa shape index (κ1) is 24.3. The molecule has 0 aliphatic carbocycles. The van der Waals surface area contributed by atoms with Crippen molar-refractivity contribution in [3.8, 4) is 5.75 Å². The number of para-hydroxylation sites is 1. The number of rotatable bonds is 9. The molecule has 0 radical (unpaired) electrons. The van der Waals surface area contributed by atoms with Crippen molar-refractivity contribution in [3.05, 3.63) is 89.5 Å². The van der Waals surface area contributed by atoms with E-state index in [1.165, 1.54) is 24.3 Å². The minimum Gasteiger partial charge on any atom is -0.496 e. The molecule has 7 nitrogen and oxygen atoms in total. The van der Waals surface area contributed by atoms with Gasteiger partial charge in [0.1, 0.15) is 5.75 Å². The summed E-state index contributed by atoms with van der Waals surface area (Å²) in [7, 11) is 1.74. The quantitative estimate of drug-likeness (QED) is 0.499. The number of hydrogen-bond acceptors (Lipinski definition) is 5. The highest BCUT2D eigenvalue weighted by Crippen LogP contribution is 2.27. The van der Waals surface area contributed by atoms with Crippen LogP contribution < -0.4 is 14.8 Å². The van der Waals surface area contributed by atoms with Crippen LogP contribution >= 0.6 is 0 Å². The maximum Gasteiger partial charge on any atom is 0.261 e. The molecule has 0 spiro atoms. The van der Waals surface area contributed by atoms with Gasteiger partial charge in [0, 0.05) is 23.4 Å². The standard InChI is InChI=1S/C25H29N3O4S/c1-18-9-13-20(14-10-18)27-33(30,31)21-15-11-19(12-16-21)25(29)26-17-23(28(2)3)22-7-5-6-8-24(22)32-4/h5-16,23,27H,17H2,1-4H3,(H,26,29)/t23-/m1/s1. The Morgan fingerprint density at radius 2 is 1.61 bits per heavy atom. The number of carbonyl (C=O) groups excluding carboxylic acids is 1. The molecule has 2 N–H and O–H groups in total. The van der Waals surface area contributed by atoms with Gasteiger partial charge >= 0.3 is 0 Å². The summed E-state index contributed by atoms with van der Waals surface area (Å²) in [6.45, 7) is 2.29. The van der Waals surface area contributed by atoms with Gasteiger partial charge in [0.05, 0.1) is 18.0 Å². The summed E-state index contributed by atoms with van der Waals surface area (Å²) < 4.78 is 33.3. The van der Waals surface area contributed by atoms with Gasteiger partial charge in [-0.3, -0.25) is 9.52 Å². The summed E-state index contributed by atoms with van der Waals surface area (Å²) in [6.07, 6.45) is 0. The summed E-state index contributed by atoms with van der Waals surface area (Å²) in [4.78, 5) is 14.8. The molecule has 0 bridgehead atoms. The van der Waals surface area contributed by atoms with Crippen molar-refractivity contribution >= 4 is 21.6 Å². The molecular formula is C25H29N3O4S. The highest BCUT2D eigenvalue weighted by Gasteiger charge is 2.20. The van der Waals surface area contributed by atoms with Crippen molar-refractivity contribution in [2.45, 2.75) is 17.9 Å². The van der Waals surface area contributed by atoms with Crippen LogP contribution in [0, 0.1) is 6.92 Å². The molecule has 0 unspecified atom stereocenters. The highest BCUT2D eigenvalue weighted by atomic mass is 32.2. The molecule has 0 aliphatic heterocycles. The second kappa shape index (κ2) is 10.5. The number of sulfonamides is 1. The van der Waals surface area contributed by atoms with E-state index < -0.39 is 10.0 Å². The Balaban J connectivity index is 1.68. The number of nitrogens with one attached hydrogen (secondary N) is 2. The summed E-state index contributed by atoms with van der Waals surface area (Å²) in [5, 5.41) is 2.93. The molecule has 33 heavy (non-hydrogen) atoms. The Hall–Kier alpha value is -3.36. The van der Waals surface area contributed by atoms with Crippen molar-refractivity contribution in [2.24, 2.45) is 0 Å². The van der Waals surface area contributed by atoms with Gasteiger partial charge in [0.25, 0.3) is 15.9 Å². The molecule has 3 rings (SSSR count). The van der Waals surface area contributed by atoms with Gasteiger partial charge < -0.3 is 15.0 Å². The Bertz CT molecular complexity index is 1190. The number of nitrogens with zero attached hydrogens (tertiary/aromatic N) is 1. The Kier molecular flexibility index (Phi) is 7.73. The molecule has 3 aromatic rings. The number of amides is 1. The topological polar surface area (TPSA) is 87.7 Å². The van der Waals surface area contributed by atoms with Gasteiger partial charge in [-0.25, -0.2) is 8.42 Å². The molecule has 174 valence electrons. The zero-order valence-electron chi connectivity index (χ0n) is 19.2. The van der Waals surface area contributed by atoms with E-state index in [1.54, 1.807) is 19.2 Å². The van der Waals surface area contributed by atoms with Gasteiger partial charge in [-0.1, -0.05) is 35.9 Å². The van der Waals surface area contributed by atoms with E-state index in [-0.39, 0.29) is 16.8 Å². The van der Waals surface area contributed by atoms with Gasteiger partial charge in [0.2, 0.25) is 0 Å². The van der Waals surface area contributed by atoms with Gasteiger partial charge in [-0.2, -0.15) is 0 Å². The number of benzene rings is 3. The highest BCUT2D eigenvalue weighted by molar-refractivity contribution is 7.92. The van der Waals surface area contributed by atoms with Crippen LogP contribution in [0.15, 0.2) is 77.7 Å². The van der Waals surface area contributed by atoms with E-state index in [1.807, 2.05) is 62.3 Å². The van der Waals surface area contributed by atoms with E-state index in [2.05, 4.69) is 10.0 Å². The molecule has 0 saturated heterocycles. The van der Waals surface area contributed by atoms with Crippen LogP contribution in [-0.4, -0.2) is 47.0 Å². The largest absolute Gasteiger partial charge is 0.496 e. The van der Waals surface area contributed by atoms with Crippen LogP contribution in [0.4, 0.5) is 5.69 Å². The lowest BCUT2D eigenvalue weighted by atomic mass is 10.0. The molecule has 0 heterocycles. The smallest absolute Gasteiger partial charge is 0.261 e.